The maximum Gasteiger partial charge on any atom is 0.225 e. The van der Waals surface area contributed by atoms with Crippen molar-refractivity contribution in [2.75, 3.05) is 13.1 Å². The predicted octanol–water partition coefficient (Wildman–Crippen LogP) is 9.17. The van der Waals surface area contributed by atoms with Crippen LogP contribution < -0.4 is 0 Å². The van der Waals surface area contributed by atoms with Gasteiger partial charge in [-0.2, -0.15) is 5.26 Å². The summed E-state index contributed by atoms with van der Waals surface area (Å²) in [5.74, 6) is 4.45. The Morgan fingerprint density at radius 1 is 0.787 bits per heavy atom. The zero-order chi connectivity index (χ0) is 33.2. The molecule has 1 aromatic carbocycles. The number of nitrogens with zero attached hydrogens (tertiary/aromatic N) is 2. The largest absolute Gasteiger partial charge is 0.393 e. The molecule has 4 heteroatoms. The molecule has 8 rings (SSSR count). The van der Waals surface area contributed by atoms with Crippen LogP contribution in [0, 0.1) is 79.8 Å². The molecule has 1 aliphatic heterocycles. The minimum Gasteiger partial charge on any atom is -0.393 e. The van der Waals surface area contributed by atoms with Gasteiger partial charge >= 0.3 is 0 Å². The van der Waals surface area contributed by atoms with Gasteiger partial charge in [0, 0.05) is 19.0 Å². The van der Waals surface area contributed by atoms with Crippen LogP contribution in [0.2, 0.25) is 0 Å². The number of hydrogen-bond donors (Lipinski definition) is 1. The summed E-state index contributed by atoms with van der Waals surface area (Å²) < 4.78 is 0. The molecule has 0 radical (unpaired) electrons. The second-order valence-corrected chi connectivity index (χ2v) is 19.8. The number of hydrogen-bond acceptors (Lipinski definition) is 3. The third-order valence-electron chi connectivity index (χ3n) is 18.0. The lowest BCUT2D eigenvalue weighted by atomic mass is 9.32. The zero-order valence-electron chi connectivity index (χ0n) is 30.4. The molecule has 256 valence electrons. The summed E-state index contributed by atoms with van der Waals surface area (Å²) >= 11 is 0. The fourth-order valence-electron chi connectivity index (χ4n) is 14.9. The van der Waals surface area contributed by atoms with Crippen LogP contribution in [0.25, 0.3) is 0 Å². The van der Waals surface area contributed by atoms with Gasteiger partial charge in [-0.1, -0.05) is 71.9 Å². The van der Waals surface area contributed by atoms with E-state index in [-0.39, 0.29) is 33.7 Å². The molecule has 6 saturated carbocycles. The predicted molar refractivity (Wildman–Crippen MR) is 187 cm³/mol. The Bertz CT molecular complexity index is 1430. The van der Waals surface area contributed by atoms with E-state index in [9.17, 15) is 10.4 Å². The summed E-state index contributed by atoms with van der Waals surface area (Å²) in [6.07, 6.45) is 14.9. The number of piperidine rings is 1. The van der Waals surface area contributed by atoms with Gasteiger partial charge in [-0.3, -0.25) is 4.79 Å². The average molecular weight is 639 g/mol. The van der Waals surface area contributed by atoms with Gasteiger partial charge in [-0.25, -0.2) is 0 Å². The Labute approximate surface area is 285 Å². The normalized spacial score (nSPS) is 47.4. The van der Waals surface area contributed by atoms with Gasteiger partial charge in [0.15, 0.2) is 0 Å². The Kier molecular flexibility index (Phi) is 7.28. The fraction of sp³-hybridized carbons (Fsp3) is 0.814. The van der Waals surface area contributed by atoms with Gasteiger partial charge < -0.3 is 10.0 Å². The van der Waals surface area contributed by atoms with Crippen LogP contribution in [-0.2, 0) is 10.2 Å². The first-order valence-corrected chi connectivity index (χ1v) is 19.7. The highest BCUT2D eigenvalue weighted by Gasteiger charge is 2.71. The molecule has 0 spiro atoms. The minimum absolute atomic E-state index is 0.0357. The van der Waals surface area contributed by atoms with E-state index in [4.69, 9.17) is 0 Å². The van der Waals surface area contributed by atoms with E-state index >= 15 is 4.79 Å². The van der Waals surface area contributed by atoms with Crippen molar-refractivity contribution in [2.45, 2.75) is 137 Å². The third kappa shape index (κ3) is 4.36. The number of carbonyl (C=O) groups is 1. The molecule has 7 aliphatic rings. The van der Waals surface area contributed by atoms with Gasteiger partial charge in [-0.15, -0.1) is 0 Å². The lowest BCUT2D eigenvalue weighted by Gasteiger charge is -2.72. The van der Waals surface area contributed by atoms with Crippen molar-refractivity contribution in [3.05, 3.63) is 35.9 Å². The van der Waals surface area contributed by atoms with Crippen molar-refractivity contribution >= 4 is 5.91 Å². The lowest BCUT2D eigenvalue weighted by molar-refractivity contribution is -0.248. The molecule has 1 unspecified atom stereocenters. The Hall–Kier alpha value is -1.86. The molecule has 11 atom stereocenters. The monoisotopic (exact) mass is 638 g/mol. The molecule has 1 amide bonds. The van der Waals surface area contributed by atoms with E-state index in [0.717, 1.165) is 49.5 Å². The van der Waals surface area contributed by atoms with E-state index in [0.29, 0.717) is 48.1 Å². The molecule has 6 aliphatic carbocycles. The van der Waals surface area contributed by atoms with Crippen molar-refractivity contribution in [3.63, 3.8) is 0 Å². The van der Waals surface area contributed by atoms with Gasteiger partial charge in [0.25, 0.3) is 0 Å². The van der Waals surface area contributed by atoms with Gasteiger partial charge in [0.2, 0.25) is 5.91 Å². The van der Waals surface area contributed by atoms with Crippen LogP contribution in [0.5, 0.6) is 0 Å². The van der Waals surface area contributed by atoms with Crippen LogP contribution in [0.3, 0.4) is 0 Å². The molecule has 1 N–H and O–H groups in total. The first-order chi connectivity index (χ1) is 22.2. The average Bonchev–Trinajstić information content (AvgIpc) is 3.65. The Morgan fingerprint density at radius 3 is 2.13 bits per heavy atom. The smallest absolute Gasteiger partial charge is 0.225 e. The number of fused-ring (bicyclic) bond motifs is 7. The molecule has 0 aromatic heterocycles. The molecule has 7 fully saturated rings. The first-order valence-electron chi connectivity index (χ1n) is 19.7. The number of rotatable bonds is 3. The van der Waals surface area contributed by atoms with Crippen molar-refractivity contribution in [2.24, 2.45) is 68.5 Å². The van der Waals surface area contributed by atoms with Crippen LogP contribution in [0.15, 0.2) is 30.3 Å². The molecule has 0 bridgehead atoms. The number of benzene rings is 1. The molecule has 1 heterocycles. The Morgan fingerprint density at radius 2 is 1.47 bits per heavy atom. The molecular weight excluding hydrogens is 576 g/mol. The molecular formula is C43H62N2O2. The molecule has 1 aromatic rings. The van der Waals surface area contributed by atoms with Crippen molar-refractivity contribution < 1.29 is 9.90 Å². The number of likely N-dealkylation sites (tertiary alicyclic amines) is 1. The lowest BCUT2D eigenvalue weighted by Crippen LogP contribution is -2.67. The summed E-state index contributed by atoms with van der Waals surface area (Å²) in [6, 6.07) is 13.0. The fourth-order valence-corrected chi connectivity index (χ4v) is 14.9. The van der Waals surface area contributed by atoms with E-state index in [1.54, 1.807) is 0 Å². The summed E-state index contributed by atoms with van der Waals surface area (Å²) in [5, 5.41) is 21.6. The highest BCUT2D eigenvalue weighted by atomic mass is 16.3. The zero-order valence-corrected chi connectivity index (χ0v) is 30.4. The van der Waals surface area contributed by atoms with Crippen LogP contribution in [0.4, 0.5) is 0 Å². The third-order valence-corrected chi connectivity index (χ3v) is 18.0. The highest BCUT2D eigenvalue weighted by molar-refractivity contribution is 5.80. The summed E-state index contributed by atoms with van der Waals surface area (Å²) in [6.45, 7) is 16.7. The topological polar surface area (TPSA) is 64.3 Å². The number of carbonyl (C=O) groups excluding carboxylic acids is 1. The number of amides is 1. The minimum atomic E-state index is -0.483. The second kappa shape index (κ2) is 10.6. The summed E-state index contributed by atoms with van der Waals surface area (Å²) in [5.41, 5.74) is 1.70. The van der Waals surface area contributed by atoms with E-state index < -0.39 is 5.41 Å². The standard InChI is InChI=1S/C43H62N2O2/c1-38(2)33-16-19-41(5)34(40(33,4)18-17-35(38)46)15-14-32-36-29(12-13-31(36)39(3)20-21-39)30(26-42(32,41)6)37(47)45-24-22-43(27-44,23-25-45)28-10-8-7-9-11-28/h7-11,29-36,46H,12-26H2,1-6H3/t29?,30-,31+,32+,33-,34+,35-,36+,40-,41+,42+/m0/s1. The maximum atomic E-state index is 15.0. The van der Waals surface area contributed by atoms with Gasteiger partial charge in [-0.05, 0) is 152 Å². The number of aliphatic hydroxyl groups excluding tert-OH is 1. The molecule has 1 saturated heterocycles. The van der Waals surface area contributed by atoms with Crippen molar-refractivity contribution in [3.8, 4) is 6.07 Å². The van der Waals surface area contributed by atoms with Gasteiger partial charge in [0.1, 0.15) is 0 Å². The summed E-state index contributed by atoms with van der Waals surface area (Å²) in [4.78, 5) is 17.2. The number of nitriles is 1. The van der Waals surface area contributed by atoms with Gasteiger partial charge in [0.05, 0.1) is 17.6 Å². The number of aliphatic hydroxyl groups is 1. The second-order valence-electron chi connectivity index (χ2n) is 19.8. The summed E-state index contributed by atoms with van der Waals surface area (Å²) in [7, 11) is 0. The van der Waals surface area contributed by atoms with Crippen LogP contribution >= 0.6 is 0 Å². The van der Waals surface area contributed by atoms with Crippen molar-refractivity contribution in [1.29, 1.82) is 5.26 Å². The SMILES string of the molecule is CC1([C@@H]2CCC3[C@H]2[C@H]2CC[C@@H]4[C@@]5(C)CC[C@H](O)C(C)(C)[C@@H]5CC[C@@]4(C)[C@]2(C)C[C@@H]3C(=O)N2CCC(C#N)(c3ccccc3)CC2)CC1. The molecule has 47 heavy (non-hydrogen) atoms. The highest BCUT2D eigenvalue weighted by Crippen LogP contribution is 2.78. The van der Waals surface area contributed by atoms with E-state index in [1.807, 2.05) is 18.2 Å². The first kappa shape index (κ1) is 32.4. The Balaban J connectivity index is 1.13. The molecule has 4 nitrogen and oxygen atoms in total. The van der Waals surface area contributed by atoms with Crippen LogP contribution in [-0.4, -0.2) is 35.1 Å². The van der Waals surface area contributed by atoms with E-state index in [2.05, 4.69) is 64.6 Å². The quantitative estimate of drug-likeness (QED) is 0.359. The maximum absolute atomic E-state index is 15.0. The van der Waals surface area contributed by atoms with E-state index in [1.165, 1.54) is 51.4 Å². The van der Waals surface area contributed by atoms with Crippen molar-refractivity contribution in [1.82, 2.24) is 4.90 Å². The van der Waals surface area contributed by atoms with Crippen LogP contribution in [0.1, 0.15) is 131 Å².